The smallest absolute Gasteiger partial charge is 0.272 e. The summed E-state index contributed by atoms with van der Waals surface area (Å²) in [6.45, 7) is 2.02. The predicted molar refractivity (Wildman–Crippen MR) is 51.0 cm³/mol. The minimum atomic E-state index is -2.74. The van der Waals surface area contributed by atoms with Crippen molar-refractivity contribution in [1.29, 1.82) is 0 Å². The van der Waals surface area contributed by atoms with Gasteiger partial charge >= 0.3 is 0 Å². The topological polar surface area (TPSA) is 29.3 Å². The van der Waals surface area contributed by atoms with E-state index in [2.05, 4.69) is 6.92 Å². The highest BCUT2D eigenvalue weighted by Gasteiger charge is 2.27. The molecule has 0 spiro atoms. The molecule has 0 aliphatic heterocycles. The first-order valence-electron chi connectivity index (χ1n) is 4.78. The Hall–Kier alpha value is -0.220. The maximum absolute atomic E-state index is 12.7. The van der Waals surface area contributed by atoms with Crippen LogP contribution >= 0.6 is 0 Å². The third-order valence-electron chi connectivity index (χ3n) is 1.94. The van der Waals surface area contributed by atoms with Crippen LogP contribution < -0.4 is 5.73 Å². The summed E-state index contributed by atoms with van der Waals surface area (Å²) >= 11 is 0. The highest BCUT2D eigenvalue weighted by atomic mass is 19.3. The summed E-state index contributed by atoms with van der Waals surface area (Å²) in [5.41, 5.74) is 4.93. The van der Waals surface area contributed by atoms with E-state index in [-0.39, 0.29) is 6.54 Å². The number of unbranched alkanes of at least 4 members (excludes halogenated alkanes) is 2. The van der Waals surface area contributed by atoms with Gasteiger partial charge in [0.05, 0.1) is 13.1 Å². The average Bonchev–Trinajstić information content (AvgIpc) is 2.04. The van der Waals surface area contributed by atoms with Crippen LogP contribution in [0.1, 0.15) is 26.2 Å². The molecule has 0 atom stereocenters. The molecule has 0 fully saturated rings. The van der Waals surface area contributed by atoms with Crippen molar-refractivity contribution in [3.63, 3.8) is 0 Å². The van der Waals surface area contributed by atoms with Gasteiger partial charge in [-0.05, 0) is 20.0 Å². The van der Waals surface area contributed by atoms with Crippen LogP contribution in [-0.4, -0.2) is 37.5 Å². The first-order chi connectivity index (χ1) is 6.02. The molecule has 0 heterocycles. The second-order valence-corrected chi connectivity index (χ2v) is 3.50. The Morgan fingerprint density at radius 2 is 1.92 bits per heavy atom. The van der Waals surface area contributed by atoms with E-state index in [1.165, 1.54) is 0 Å². The number of nitrogens with two attached hydrogens (primary N) is 1. The average molecular weight is 194 g/mol. The minimum Gasteiger partial charge on any atom is -0.325 e. The summed E-state index contributed by atoms with van der Waals surface area (Å²) in [7, 11) is 1.71. The maximum atomic E-state index is 12.7. The molecule has 0 aromatic heterocycles. The quantitative estimate of drug-likeness (QED) is 0.625. The van der Waals surface area contributed by atoms with Gasteiger partial charge in [-0.25, -0.2) is 8.78 Å². The highest BCUT2D eigenvalue weighted by Crippen LogP contribution is 2.12. The number of alkyl halides is 2. The molecular weight excluding hydrogens is 174 g/mol. The fourth-order valence-corrected chi connectivity index (χ4v) is 1.17. The number of hydrogen-bond acceptors (Lipinski definition) is 2. The van der Waals surface area contributed by atoms with Crippen LogP contribution in [0, 0.1) is 0 Å². The van der Waals surface area contributed by atoms with Crippen molar-refractivity contribution in [2.45, 2.75) is 32.1 Å². The van der Waals surface area contributed by atoms with Gasteiger partial charge in [-0.15, -0.1) is 0 Å². The van der Waals surface area contributed by atoms with E-state index in [1.54, 1.807) is 11.9 Å². The van der Waals surface area contributed by atoms with E-state index in [0.29, 0.717) is 0 Å². The van der Waals surface area contributed by atoms with Crippen molar-refractivity contribution >= 4 is 0 Å². The number of halogens is 2. The van der Waals surface area contributed by atoms with Gasteiger partial charge in [-0.2, -0.15) is 0 Å². The van der Waals surface area contributed by atoms with E-state index in [0.717, 1.165) is 25.8 Å². The van der Waals surface area contributed by atoms with E-state index in [9.17, 15) is 8.78 Å². The zero-order valence-electron chi connectivity index (χ0n) is 8.52. The Morgan fingerprint density at radius 1 is 1.31 bits per heavy atom. The fraction of sp³-hybridized carbons (Fsp3) is 1.00. The zero-order valence-corrected chi connectivity index (χ0v) is 8.52. The van der Waals surface area contributed by atoms with Crippen LogP contribution in [0.25, 0.3) is 0 Å². The molecule has 0 aliphatic rings. The van der Waals surface area contributed by atoms with E-state index in [1.807, 2.05) is 0 Å². The molecule has 4 heteroatoms. The van der Waals surface area contributed by atoms with E-state index < -0.39 is 12.5 Å². The number of hydrogen-bond donors (Lipinski definition) is 1. The van der Waals surface area contributed by atoms with Gasteiger partial charge in [-0.3, -0.25) is 0 Å². The summed E-state index contributed by atoms with van der Waals surface area (Å²) < 4.78 is 25.5. The predicted octanol–water partition coefficient (Wildman–Crippen LogP) is 1.70. The Bertz CT molecular complexity index is 129. The summed E-state index contributed by atoms with van der Waals surface area (Å²) in [4.78, 5) is 1.64. The molecule has 13 heavy (non-hydrogen) atoms. The van der Waals surface area contributed by atoms with Crippen LogP contribution in [0.15, 0.2) is 0 Å². The lowest BCUT2D eigenvalue weighted by Gasteiger charge is -2.22. The van der Waals surface area contributed by atoms with Crippen LogP contribution in [-0.2, 0) is 0 Å². The number of nitrogens with zero attached hydrogens (tertiary/aromatic N) is 1. The summed E-state index contributed by atoms with van der Waals surface area (Å²) in [6.07, 6.45) is 3.19. The van der Waals surface area contributed by atoms with Crippen molar-refractivity contribution < 1.29 is 8.78 Å². The molecule has 0 amide bonds. The molecule has 0 aromatic rings. The van der Waals surface area contributed by atoms with Crippen molar-refractivity contribution in [3.05, 3.63) is 0 Å². The van der Waals surface area contributed by atoms with Gasteiger partial charge in [0.15, 0.2) is 0 Å². The normalized spacial score (nSPS) is 12.5. The Labute approximate surface area is 79.1 Å². The summed E-state index contributed by atoms with van der Waals surface area (Å²) in [5, 5.41) is 0. The molecule has 0 bridgehead atoms. The van der Waals surface area contributed by atoms with Crippen LogP contribution in [0.5, 0.6) is 0 Å². The first-order valence-corrected chi connectivity index (χ1v) is 4.78. The Morgan fingerprint density at radius 3 is 2.38 bits per heavy atom. The van der Waals surface area contributed by atoms with Gasteiger partial charge in [-0.1, -0.05) is 19.8 Å². The summed E-state index contributed by atoms with van der Waals surface area (Å²) in [5.74, 6) is -2.74. The molecule has 0 radical (unpaired) electrons. The highest BCUT2D eigenvalue weighted by molar-refractivity contribution is 4.70. The lowest BCUT2D eigenvalue weighted by molar-refractivity contribution is -0.0176. The molecule has 0 rings (SSSR count). The van der Waals surface area contributed by atoms with Gasteiger partial charge in [0.25, 0.3) is 5.92 Å². The molecule has 0 saturated heterocycles. The van der Waals surface area contributed by atoms with Gasteiger partial charge in [0, 0.05) is 0 Å². The minimum absolute atomic E-state index is 0.229. The molecule has 0 unspecified atom stereocenters. The van der Waals surface area contributed by atoms with E-state index >= 15 is 0 Å². The standard InChI is InChI=1S/C9H20F2N2/c1-3-4-5-6-13(2)8-9(10,11)7-12/h3-8,12H2,1-2H3. The SMILES string of the molecule is CCCCCN(C)CC(F)(F)CN. The number of rotatable bonds is 7. The molecule has 0 aliphatic carbocycles. The largest absolute Gasteiger partial charge is 0.325 e. The molecule has 0 saturated carbocycles. The lowest BCUT2D eigenvalue weighted by atomic mass is 10.2. The van der Waals surface area contributed by atoms with Gasteiger partial charge < -0.3 is 10.6 Å². The van der Waals surface area contributed by atoms with Gasteiger partial charge in [0.2, 0.25) is 0 Å². The Kier molecular flexibility index (Phi) is 6.16. The van der Waals surface area contributed by atoms with Crippen molar-refractivity contribution in [2.75, 3.05) is 26.7 Å². The molecule has 0 aromatic carbocycles. The van der Waals surface area contributed by atoms with Crippen LogP contribution in [0.3, 0.4) is 0 Å². The molecule has 80 valence electrons. The maximum Gasteiger partial charge on any atom is 0.272 e. The molecule has 2 nitrogen and oxygen atoms in total. The lowest BCUT2D eigenvalue weighted by Crippen LogP contribution is -2.40. The third kappa shape index (κ3) is 6.90. The van der Waals surface area contributed by atoms with Crippen molar-refractivity contribution in [3.8, 4) is 0 Å². The third-order valence-corrected chi connectivity index (χ3v) is 1.94. The zero-order chi connectivity index (χ0) is 10.3. The van der Waals surface area contributed by atoms with Gasteiger partial charge in [0.1, 0.15) is 0 Å². The molecular formula is C9H20F2N2. The molecule has 2 N–H and O–H groups in total. The van der Waals surface area contributed by atoms with Crippen molar-refractivity contribution in [1.82, 2.24) is 4.90 Å². The fourth-order valence-electron chi connectivity index (χ4n) is 1.17. The van der Waals surface area contributed by atoms with Crippen molar-refractivity contribution in [2.24, 2.45) is 5.73 Å². The van der Waals surface area contributed by atoms with E-state index in [4.69, 9.17) is 5.73 Å². The second kappa shape index (κ2) is 6.27. The Balaban J connectivity index is 3.55. The first kappa shape index (κ1) is 12.8. The second-order valence-electron chi connectivity index (χ2n) is 3.50. The van der Waals surface area contributed by atoms with Crippen LogP contribution in [0.2, 0.25) is 0 Å². The van der Waals surface area contributed by atoms with Crippen LogP contribution in [0.4, 0.5) is 8.78 Å². The summed E-state index contributed by atoms with van der Waals surface area (Å²) in [6, 6.07) is 0. The monoisotopic (exact) mass is 194 g/mol.